The molecule has 0 saturated heterocycles. The van der Waals surface area contributed by atoms with E-state index in [9.17, 15) is 18.0 Å². The molecule has 4 aromatic carbocycles. The molecule has 0 aliphatic carbocycles. The smallest absolute Gasteiger partial charge is 0.264 e. The number of nitrogens with one attached hydrogen (secondary N) is 1. The zero-order chi connectivity index (χ0) is 31.0. The van der Waals surface area contributed by atoms with E-state index in [-0.39, 0.29) is 29.5 Å². The van der Waals surface area contributed by atoms with Gasteiger partial charge in [-0.15, -0.1) is 0 Å². The van der Waals surface area contributed by atoms with E-state index in [0.717, 1.165) is 9.87 Å². The molecular formula is C32H30Cl3N3O4S. The maximum absolute atomic E-state index is 14.3. The van der Waals surface area contributed by atoms with Crippen molar-refractivity contribution in [2.24, 2.45) is 0 Å². The number of amides is 2. The predicted molar refractivity (Wildman–Crippen MR) is 172 cm³/mol. The first-order chi connectivity index (χ1) is 20.6. The van der Waals surface area contributed by atoms with Gasteiger partial charge in [-0.25, -0.2) is 8.42 Å². The van der Waals surface area contributed by atoms with Crippen molar-refractivity contribution in [1.29, 1.82) is 0 Å². The monoisotopic (exact) mass is 657 g/mol. The number of sulfonamides is 1. The molecule has 224 valence electrons. The number of anilines is 1. The van der Waals surface area contributed by atoms with E-state index >= 15 is 0 Å². The minimum absolute atomic E-state index is 0.00890. The highest BCUT2D eigenvalue weighted by molar-refractivity contribution is 7.92. The quantitative estimate of drug-likeness (QED) is 0.185. The number of nitrogens with zero attached hydrogens (tertiary/aromatic N) is 2. The Morgan fingerprint density at radius 3 is 2.02 bits per heavy atom. The van der Waals surface area contributed by atoms with Crippen LogP contribution in [0.15, 0.2) is 108 Å². The van der Waals surface area contributed by atoms with Crippen LogP contribution in [0.5, 0.6) is 0 Å². The lowest BCUT2D eigenvalue weighted by Crippen LogP contribution is -2.53. The fourth-order valence-corrected chi connectivity index (χ4v) is 6.56. The van der Waals surface area contributed by atoms with Crippen molar-refractivity contribution in [3.8, 4) is 0 Å². The van der Waals surface area contributed by atoms with Crippen LogP contribution in [0.1, 0.15) is 18.1 Å². The molecule has 0 aliphatic rings. The minimum atomic E-state index is -4.20. The summed E-state index contributed by atoms with van der Waals surface area (Å²) in [4.78, 5) is 29.2. The lowest BCUT2D eigenvalue weighted by atomic mass is 10.0. The van der Waals surface area contributed by atoms with Crippen molar-refractivity contribution in [2.75, 3.05) is 17.4 Å². The van der Waals surface area contributed by atoms with Gasteiger partial charge in [0.2, 0.25) is 11.8 Å². The Bertz CT molecular complexity index is 1650. The summed E-state index contributed by atoms with van der Waals surface area (Å²) in [5.41, 5.74) is 1.61. The van der Waals surface area contributed by atoms with E-state index in [1.165, 1.54) is 29.2 Å². The second kappa shape index (κ2) is 14.8. The van der Waals surface area contributed by atoms with Gasteiger partial charge < -0.3 is 10.2 Å². The first kappa shape index (κ1) is 32.4. The molecule has 7 nitrogen and oxygen atoms in total. The van der Waals surface area contributed by atoms with Gasteiger partial charge in [-0.2, -0.15) is 0 Å². The number of benzene rings is 4. The molecule has 0 aromatic heterocycles. The summed E-state index contributed by atoms with van der Waals surface area (Å²) in [6, 6.07) is 27.2. The number of carbonyl (C=O) groups excluding carboxylic acids is 2. The van der Waals surface area contributed by atoms with E-state index in [1.807, 2.05) is 30.3 Å². The topological polar surface area (TPSA) is 86.8 Å². The van der Waals surface area contributed by atoms with Gasteiger partial charge >= 0.3 is 0 Å². The lowest BCUT2D eigenvalue weighted by molar-refractivity contribution is -0.140. The third-order valence-electron chi connectivity index (χ3n) is 6.70. The van der Waals surface area contributed by atoms with Crippen molar-refractivity contribution < 1.29 is 18.0 Å². The van der Waals surface area contributed by atoms with Crippen LogP contribution < -0.4 is 9.62 Å². The van der Waals surface area contributed by atoms with Crippen molar-refractivity contribution in [2.45, 2.75) is 30.8 Å². The molecule has 0 unspecified atom stereocenters. The Balaban J connectivity index is 1.80. The predicted octanol–water partition coefficient (Wildman–Crippen LogP) is 6.62. The summed E-state index contributed by atoms with van der Waals surface area (Å²) < 4.78 is 28.9. The van der Waals surface area contributed by atoms with Gasteiger partial charge in [0.1, 0.15) is 12.6 Å². The standard InChI is InChI=1S/C32H30Cl3N3O4S/c1-2-36-32(40)30(19-23-9-5-3-6-10-23)37(21-24-13-14-26(34)20-29(24)35)31(39)22-38(27-17-15-25(33)16-18-27)43(41,42)28-11-7-4-8-12-28/h3-18,20,30H,2,19,21-22H2,1H3,(H,36,40)/t30-/m0/s1. The van der Waals surface area contributed by atoms with Gasteiger partial charge in [0.05, 0.1) is 10.6 Å². The Kier molecular flexibility index (Phi) is 11.1. The first-order valence-corrected chi connectivity index (χ1v) is 16.1. The Hall–Kier alpha value is -3.56. The molecule has 1 N–H and O–H groups in total. The number of rotatable bonds is 12. The molecule has 0 fully saturated rings. The highest BCUT2D eigenvalue weighted by atomic mass is 35.5. The molecule has 0 bridgehead atoms. The molecule has 0 spiro atoms. The minimum Gasteiger partial charge on any atom is -0.355 e. The van der Waals surface area contributed by atoms with E-state index in [2.05, 4.69) is 5.32 Å². The molecular weight excluding hydrogens is 629 g/mol. The number of hydrogen-bond acceptors (Lipinski definition) is 4. The number of carbonyl (C=O) groups is 2. The maximum atomic E-state index is 14.3. The largest absolute Gasteiger partial charge is 0.355 e. The molecule has 0 saturated carbocycles. The van der Waals surface area contributed by atoms with Crippen molar-refractivity contribution in [1.82, 2.24) is 10.2 Å². The van der Waals surface area contributed by atoms with E-state index in [0.29, 0.717) is 27.2 Å². The molecule has 11 heteroatoms. The van der Waals surface area contributed by atoms with Gasteiger partial charge in [-0.3, -0.25) is 13.9 Å². The summed E-state index contributed by atoms with van der Waals surface area (Å²) in [7, 11) is -4.20. The van der Waals surface area contributed by atoms with Crippen LogP contribution in [-0.2, 0) is 32.6 Å². The van der Waals surface area contributed by atoms with Crippen molar-refractivity contribution >= 4 is 62.3 Å². The lowest BCUT2D eigenvalue weighted by Gasteiger charge is -2.34. The maximum Gasteiger partial charge on any atom is 0.264 e. The summed E-state index contributed by atoms with van der Waals surface area (Å²) in [5, 5.41) is 3.96. The summed E-state index contributed by atoms with van der Waals surface area (Å²) in [6.45, 7) is 1.47. The molecule has 0 heterocycles. The summed E-state index contributed by atoms with van der Waals surface area (Å²) in [5.74, 6) is -0.985. The van der Waals surface area contributed by atoms with E-state index < -0.39 is 28.5 Å². The number of halogens is 3. The van der Waals surface area contributed by atoms with Gasteiger partial charge in [-0.05, 0) is 66.6 Å². The fraction of sp³-hybridized carbons (Fsp3) is 0.188. The van der Waals surface area contributed by atoms with E-state index in [4.69, 9.17) is 34.8 Å². The Morgan fingerprint density at radius 2 is 1.42 bits per heavy atom. The molecule has 1 atom stereocenters. The normalized spacial score (nSPS) is 11.9. The number of hydrogen-bond donors (Lipinski definition) is 1. The highest BCUT2D eigenvalue weighted by Gasteiger charge is 2.34. The highest BCUT2D eigenvalue weighted by Crippen LogP contribution is 2.28. The van der Waals surface area contributed by atoms with Crippen molar-refractivity contribution in [3.05, 3.63) is 129 Å². The second-order valence-corrected chi connectivity index (χ2v) is 12.8. The van der Waals surface area contributed by atoms with Crippen LogP contribution in [0.2, 0.25) is 15.1 Å². The third kappa shape index (κ3) is 8.30. The first-order valence-electron chi connectivity index (χ1n) is 13.5. The molecule has 0 radical (unpaired) electrons. The summed E-state index contributed by atoms with van der Waals surface area (Å²) >= 11 is 18.7. The Labute approximate surface area is 267 Å². The second-order valence-electron chi connectivity index (χ2n) is 9.66. The van der Waals surface area contributed by atoms with Crippen molar-refractivity contribution in [3.63, 3.8) is 0 Å². The molecule has 4 rings (SSSR count). The van der Waals surface area contributed by atoms with Crippen LogP contribution in [0.3, 0.4) is 0 Å². The van der Waals surface area contributed by atoms with Gasteiger partial charge in [-0.1, -0.05) is 89.4 Å². The molecule has 43 heavy (non-hydrogen) atoms. The van der Waals surface area contributed by atoms with Gasteiger partial charge in [0.15, 0.2) is 0 Å². The molecule has 0 aliphatic heterocycles. The molecule has 2 amide bonds. The van der Waals surface area contributed by atoms with Crippen LogP contribution in [0, 0.1) is 0 Å². The Morgan fingerprint density at radius 1 is 0.814 bits per heavy atom. The SMILES string of the molecule is CCNC(=O)[C@H](Cc1ccccc1)N(Cc1ccc(Cl)cc1Cl)C(=O)CN(c1ccc(Cl)cc1)S(=O)(=O)c1ccccc1. The fourth-order valence-electron chi connectivity index (χ4n) is 4.54. The zero-order valence-electron chi connectivity index (χ0n) is 23.3. The average molecular weight is 659 g/mol. The third-order valence-corrected chi connectivity index (χ3v) is 9.33. The van der Waals surface area contributed by atoms with Crippen LogP contribution in [0.25, 0.3) is 0 Å². The zero-order valence-corrected chi connectivity index (χ0v) is 26.4. The van der Waals surface area contributed by atoms with Crippen LogP contribution in [0.4, 0.5) is 5.69 Å². The average Bonchev–Trinajstić information content (AvgIpc) is 3.00. The van der Waals surface area contributed by atoms with Gasteiger partial charge in [0, 0.05) is 34.6 Å². The molecule has 4 aromatic rings. The van der Waals surface area contributed by atoms with Gasteiger partial charge in [0.25, 0.3) is 10.0 Å². The number of likely N-dealkylation sites (N-methyl/N-ethyl adjacent to an activating group) is 1. The summed E-state index contributed by atoms with van der Waals surface area (Å²) in [6.07, 6.45) is 0.190. The van der Waals surface area contributed by atoms with E-state index in [1.54, 1.807) is 55.5 Å². The van der Waals surface area contributed by atoms with Crippen LogP contribution >= 0.6 is 34.8 Å². The van der Waals surface area contributed by atoms with Crippen LogP contribution in [-0.4, -0.2) is 44.3 Å².